The van der Waals surface area contributed by atoms with Crippen molar-refractivity contribution in [2.45, 2.75) is 38.3 Å². The average molecular weight is 249 g/mol. The maximum atomic E-state index is 5.68. The summed E-state index contributed by atoms with van der Waals surface area (Å²) in [7, 11) is 2.03. The van der Waals surface area contributed by atoms with Gasteiger partial charge < -0.3 is 14.8 Å². The predicted molar refractivity (Wildman–Crippen MR) is 73.0 cm³/mol. The minimum atomic E-state index is 0.0641. The molecule has 0 spiro atoms. The molecule has 1 fully saturated rings. The third-order valence-electron chi connectivity index (χ3n) is 3.60. The van der Waals surface area contributed by atoms with Gasteiger partial charge >= 0.3 is 0 Å². The van der Waals surface area contributed by atoms with E-state index >= 15 is 0 Å². The number of benzene rings is 1. The second-order valence-electron chi connectivity index (χ2n) is 5.14. The highest BCUT2D eigenvalue weighted by Gasteiger charge is 2.32. The predicted octanol–water partition coefficient (Wildman–Crippen LogP) is 2.70. The first kappa shape index (κ1) is 13.4. The average Bonchev–Trinajstić information content (AvgIpc) is 2.39. The van der Waals surface area contributed by atoms with Crippen molar-refractivity contribution in [3.8, 4) is 5.75 Å². The highest BCUT2D eigenvalue weighted by molar-refractivity contribution is 5.32. The van der Waals surface area contributed by atoms with E-state index in [9.17, 15) is 0 Å². The zero-order valence-electron chi connectivity index (χ0n) is 11.5. The molecule has 0 aliphatic carbocycles. The molecule has 1 aromatic rings. The van der Waals surface area contributed by atoms with Crippen LogP contribution in [0.4, 0.5) is 0 Å². The molecule has 0 aromatic heterocycles. The second-order valence-corrected chi connectivity index (χ2v) is 5.14. The number of hydrogen-bond donors (Lipinski definition) is 1. The largest absolute Gasteiger partial charge is 0.491 e. The van der Waals surface area contributed by atoms with Crippen LogP contribution in [0.25, 0.3) is 0 Å². The van der Waals surface area contributed by atoms with E-state index in [0.29, 0.717) is 0 Å². The van der Waals surface area contributed by atoms with Gasteiger partial charge in [0.25, 0.3) is 0 Å². The van der Waals surface area contributed by atoms with Crippen LogP contribution in [-0.4, -0.2) is 26.4 Å². The molecule has 1 aliphatic rings. The summed E-state index contributed by atoms with van der Waals surface area (Å²) in [5.41, 5.74) is 1.39. The molecular weight excluding hydrogens is 226 g/mol. The Hall–Kier alpha value is -1.06. The molecule has 2 rings (SSSR count). The first-order chi connectivity index (χ1) is 8.66. The van der Waals surface area contributed by atoms with Gasteiger partial charge in [0.05, 0.1) is 6.10 Å². The molecular formula is C15H23NO2. The molecule has 18 heavy (non-hydrogen) atoms. The fraction of sp³-hybridized carbons (Fsp3) is 0.600. The molecule has 1 saturated heterocycles. The van der Waals surface area contributed by atoms with Gasteiger partial charge in [0.15, 0.2) is 0 Å². The van der Waals surface area contributed by atoms with Crippen molar-refractivity contribution in [1.82, 2.24) is 5.32 Å². The van der Waals surface area contributed by atoms with E-state index in [1.165, 1.54) is 5.56 Å². The van der Waals surface area contributed by atoms with E-state index < -0.39 is 0 Å². The fourth-order valence-electron chi connectivity index (χ4n) is 2.53. The van der Waals surface area contributed by atoms with Gasteiger partial charge in [-0.25, -0.2) is 0 Å². The van der Waals surface area contributed by atoms with Crippen LogP contribution in [0.1, 0.15) is 32.3 Å². The van der Waals surface area contributed by atoms with Crippen molar-refractivity contribution in [2.24, 2.45) is 0 Å². The summed E-state index contributed by atoms with van der Waals surface area (Å²) in [4.78, 5) is 0. The van der Waals surface area contributed by atoms with E-state index in [-0.39, 0.29) is 11.6 Å². The Morgan fingerprint density at radius 1 is 1.17 bits per heavy atom. The monoisotopic (exact) mass is 249 g/mol. The molecule has 1 N–H and O–H groups in total. The molecule has 0 saturated carbocycles. The van der Waals surface area contributed by atoms with E-state index in [1.54, 1.807) is 0 Å². The van der Waals surface area contributed by atoms with E-state index in [2.05, 4.69) is 29.6 Å². The molecule has 0 unspecified atom stereocenters. The number of hydrogen-bond acceptors (Lipinski definition) is 3. The van der Waals surface area contributed by atoms with Gasteiger partial charge in [-0.3, -0.25) is 0 Å². The minimum absolute atomic E-state index is 0.0641. The van der Waals surface area contributed by atoms with E-state index in [0.717, 1.165) is 31.8 Å². The van der Waals surface area contributed by atoms with Crippen LogP contribution in [0.5, 0.6) is 5.75 Å². The normalized spacial score (nSPS) is 18.9. The molecule has 0 bridgehead atoms. The second kappa shape index (κ2) is 5.72. The molecule has 0 radical (unpaired) electrons. The maximum Gasteiger partial charge on any atom is 0.119 e. The van der Waals surface area contributed by atoms with Crippen molar-refractivity contribution < 1.29 is 9.47 Å². The first-order valence-corrected chi connectivity index (χ1v) is 6.70. The Morgan fingerprint density at radius 3 is 2.28 bits per heavy atom. The summed E-state index contributed by atoms with van der Waals surface area (Å²) < 4.78 is 11.1. The smallest absolute Gasteiger partial charge is 0.119 e. The summed E-state index contributed by atoms with van der Waals surface area (Å²) in [6, 6.07) is 8.45. The highest BCUT2D eigenvalue weighted by atomic mass is 16.5. The fourth-order valence-corrected chi connectivity index (χ4v) is 2.53. The summed E-state index contributed by atoms with van der Waals surface area (Å²) in [5, 5.41) is 3.47. The third kappa shape index (κ3) is 2.85. The zero-order valence-corrected chi connectivity index (χ0v) is 11.5. The van der Waals surface area contributed by atoms with Crippen molar-refractivity contribution in [3.63, 3.8) is 0 Å². The van der Waals surface area contributed by atoms with Crippen LogP contribution >= 0.6 is 0 Å². The van der Waals surface area contributed by atoms with Crippen LogP contribution in [-0.2, 0) is 10.3 Å². The van der Waals surface area contributed by atoms with Gasteiger partial charge in [-0.2, -0.15) is 0 Å². The molecule has 3 heteroatoms. The Kier molecular flexibility index (Phi) is 4.25. The van der Waals surface area contributed by atoms with Crippen LogP contribution < -0.4 is 10.1 Å². The Labute approximate surface area is 109 Å². The molecule has 1 aromatic carbocycles. The standard InChI is InChI=1S/C15H23NO2/c1-12(2)18-14-6-4-13(5-7-14)15(16-3)8-10-17-11-9-15/h4-7,12,16H,8-11H2,1-3H3. The Morgan fingerprint density at radius 2 is 1.78 bits per heavy atom. The van der Waals surface area contributed by atoms with Crippen molar-refractivity contribution in [2.75, 3.05) is 20.3 Å². The summed E-state index contributed by atoms with van der Waals surface area (Å²) in [6.45, 7) is 5.74. The van der Waals surface area contributed by atoms with Gasteiger partial charge in [0.1, 0.15) is 5.75 Å². The van der Waals surface area contributed by atoms with Gasteiger partial charge in [-0.15, -0.1) is 0 Å². The molecule has 0 amide bonds. The van der Waals surface area contributed by atoms with Crippen LogP contribution in [0.15, 0.2) is 24.3 Å². The van der Waals surface area contributed by atoms with Crippen molar-refractivity contribution >= 4 is 0 Å². The summed E-state index contributed by atoms with van der Waals surface area (Å²) in [6.07, 6.45) is 2.26. The summed E-state index contributed by atoms with van der Waals surface area (Å²) >= 11 is 0. The minimum Gasteiger partial charge on any atom is -0.491 e. The Balaban J connectivity index is 2.16. The van der Waals surface area contributed by atoms with Crippen LogP contribution in [0.3, 0.4) is 0 Å². The van der Waals surface area contributed by atoms with Crippen LogP contribution in [0, 0.1) is 0 Å². The Bertz CT molecular complexity index is 367. The molecule has 0 atom stereocenters. The van der Waals surface area contributed by atoms with Gasteiger partial charge in [-0.05, 0) is 51.4 Å². The molecule has 100 valence electrons. The number of ether oxygens (including phenoxy) is 2. The first-order valence-electron chi connectivity index (χ1n) is 6.70. The van der Waals surface area contributed by atoms with Crippen molar-refractivity contribution in [3.05, 3.63) is 29.8 Å². The summed E-state index contributed by atoms with van der Waals surface area (Å²) in [5.74, 6) is 0.937. The van der Waals surface area contributed by atoms with Gasteiger partial charge in [0.2, 0.25) is 0 Å². The van der Waals surface area contributed by atoms with E-state index in [1.807, 2.05) is 20.9 Å². The van der Waals surface area contributed by atoms with Crippen LogP contribution in [0.2, 0.25) is 0 Å². The zero-order chi connectivity index (χ0) is 13.0. The van der Waals surface area contributed by atoms with Crippen molar-refractivity contribution in [1.29, 1.82) is 0 Å². The molecule has 1 heterocycles. The lowest BCUT2D eigenvalue weighted by Crippen LogP contribution is -2.44. The quantitative estimate of drug-likeness (QED) is 0.890. The highest BCUT2D eigenvalue weighted by Crippen LogP contribution is 2.32. The van der Waals surface area contributed by atoms with E-state index in [4.69, 9.17) is 9.47 Å². The molecule has 1 aliphatic heterocycles. The lowest BCUT2D eigenvalue weighted by Gasteiger charge is -2.37. The lowest BCUT2D eigenvalue weighted by atomic mass is 9.83. The lowest BCUT2D eigenvalue weighted by molar-refractivity contribution is 0.0398. The topological polar surface area (TPSA) is 30.5 Å². The number of rotatable bonds is 4. The van der Waals surface area contributed by atoms with Gasteiger partial charge in [-0.1, -0.05) is 12.1 Å². The third-order valence-corrected chi connectivity index (χ3v) is 3.60. The molecule has 3 nitrogen and oxygen atoms in total. The number of nitrogens with one attached hydrogen (secondary N) is 1. The maximum absolute atomic E-state index is 5.68. The SMILES string of the molecule is CNC1(c2ccc(OC(C)C)cc2)CCOCC1. The van der Waals surface area contributed by atoms with Gasteiger partial charge in [0, 0.05) is 18.8 Å².